The van der Waals surface area contributed by atoms with Gasteiger partial charge in [0.25, 0.3) is 0 Å². The monoisotopic (exact) mass is 504 g/mol. The Morgan fingerprint density at radius 3 is 2.54 bits per heavy atom. The summed E-state index contributed by atoms with van der Waals surface area (Å²) in [4.78, 5) is 6.42. The summed E-state index contributed by atoms with van der Waals surface area (Å²) < 4.78 is 37.3. The summed E-state index contributed by atoms with van der Waals surface area (Å²) in [6.07, 6.45) is 2.49. The van der Waals surface area contributed by atoms with E-state index in [9.17, 15) is 8.42 Å². The van der Waals surface area contributed by atoms with Gasteiger partial charge in [-0.15, -0.1) is 24.0 Å². The van der Waals surface area contributed by atoms with Gasteiger partial charge in [0.2, 0.25) is 10.0 Å². The lowest BCUT2D eigenvalue weighted by Gasteiger charge is -2.36. The second-order valence-corrected chi connectivity index (χ2v) is 8.77. The highest BCUT2D eigenvalue weighted by Crippen LogP contribution is 2.12. The SMILES string of the molecule is CN=C(NCC1CCCO1)N1CCN(S(=O)(=O)CCOC(C)C)CC1.I. The van der Waals surface area contributed by atoms with Crippen LogP contribution in [0.15, 0.2) is 4.99 Å². The molecule has 0 radical (unpaired) electrons. The van der Waals surface area contributed by atoms with Crippen molar-refractivity contribution < 1.29 is 17.9 Å². The summed E-state index contributed by atoms with van der Waals surface area (Å²) in [5, 5.41) is 3.34. The predicted molar refractivity (Wildman–Crippen MR) is 114 cm³/mol. The summed E-state index contributed by atoms with van der Waals surface area (Å²) in [7, 11) is -1.50. The van der Waals surface area contributed by atoms with Crippen LogP contribution in [-0.2, 0) is 19.5 Å². The molecule has 0 bridgehead atoms. The Balaban J connectivity index is 0.00000338. The Kier molecular flexibility index (Phi) is 10.7. The standard InChI is InChI=1S/C16H32N4O4S.HI/c1-14(2)23-11-12-25(21,22)20-8-6-19(7-9-20)16(17-3)18-13-15-5-4-10-24-15;/h14-15H,4-13H2,1-3H3,(H,17,18);1H. The van der Waals surface area contributed by atoms with E-state index in [0.29, 0.717) is 26.2 Å². The van der Waals surface area contributed by atoms with E-state index in [1.807, 2.05) is 13.8 Å². The van der Waals surface area contributed by atoms with Gasteiger partial charge in [0, 0.05) is 46.4 Å². The molecule has 0 aromatic rings. The number of hydrogen-bond acceptors (Lipinski definition) is 5. The minimum Gasteiger partial charge on any atom is -0.378 e. The highest BCUT2D eigenvalue weighted by Gasteiger charge is 2.28. The zero-order chi connectivity index (χ0) is 18.3. The number of sulfonamides is 1. The van der Waals surface area contributed by atoms with Crippen molar-refractivity contribution in [2.24, 2.45) is 4.99 Å². The molecule has 0 amide bonds. The molecule has 1 unspecified atom stereocenters. The van der Waals surface area contributed by atoms with E-state index >= 15 is 0 Å². The maximum absolute atomic E-state index is 12.4. The molecule has 1 N–H and O–H groups in total. The quantitative estimate of drug-likeness (QED) is 0.313. The highest BCUT2D eigenvalue weighted by atomic mass is 127. The number of nitrogens with zero attached hydrogens (tertiary/aromatic N) is 3. The lowest BCUT2D eigenvalue weighted by molar-refractivity contribution is 0.0904. The second kappa shape index (κ2) is 11.6. The topological polar surface area (TPSA) is 83.5 Å². The van der Waals surface area contributed by atoms with Crippen LogP contribution < -0.4 is 5.32 Å². The van der Waals surface area contributed by atoms with Gasteiger partial charge in [-0.05, 0) is 26.7 Å². The zero-order valence-corrected chi connectivity index (χ0v) is 19.2. The molecule has 0 aromatic heterocycles. The van der Waals surface area contributed by atoms with Crippen LogP contribution in [0.5, 0.6) is 0 Å². The molecular formula is C16H33IN4O4S. The van der Waals surface area contributed by atoms with Gasteiger partial charge in [-0.1, -0.05) is 0 Å². The van der Waals surface area contributed by atoms with Crippen LogP contribution in [0.1, 0.15) is 26.7 Å². The van der Waals surface area contributed by atoms with Crippen molar-refractivity contribution in [2.45, 2.75) is 38.9 Å². The summed E-state index contributed by atoms with van der Waals surface area (Å²) >= 11 is 0. The largest absolute Gasteiger partial charge is 0.378 e. The normalized spacial score (nSPS) is 22.5. The van der Waals surface area contributed by atoms with Gasteiger partial charge in [-0.2, -0.15) is 4.31 Å². The van der Waals surface area contributed by atoms with Crippen LogP contribution in [0.25, 0.3) is 0 Å². The molecule has 0 spiro atoms. The molecule has 2 aliphatic heterocycles. The summed E-state index contributed by atoms with van der Waals surface area (Å²) in [6, 6.07) is 0. The Morgan fingerprint density at radius 2 is 2.00 bits per heavy atom. The molecule has 0 aromatic carbocycles. The van der Waals surface area contributed by atoms with E-state index in [1.165, 1.54) is 0 Å². The zero-order valence-electron chi connectivity index (χ0n) is 16.0. The van der Waals surface area contributed by atoms with Crippen LogP contribution in [0.3, 0.4) is 0 Å². The summed E-state index contributed by atoms with van der Waals surface area (Å²) in [5.74, 6) is 0.854. The number of halogens is 1. The van der Waals surface area contributed by atoms with Crippen molar-refractivity contribution in [2.75, 3.05) is 58.7 Å². The minimum absolute atomic E-state index is 0. The predicted octanol–water partition coefficient (Wildman–Crippen LogP) is 0.731. The van der Waals surface area contributed by atoms with E-state index in [2.05, 4.69) is 15.2 Å². The average Bonchev–Trinajstić information content (AvgIpc) is 3.09. The Hall–Kier alpha value is -0.170. The van der Waals surface area contributed by atoms with Crippen LogP contribution >= 0.6 is 24.0 Å². The molecule has 10 heteroatoms. The molecule has 26 heavy (non-hydrogen) atoms. The van der Waals surface area contributed by atoms with E-state index in [4.69, 9.17) is 9.47 Å². The lowest BCUT2D eigenvalue weighted by Crippen LogP contribution is -2.54. The van der Waals surface area contributed by atoms with Gasteiger partial charge in [0.05, 0.1) is 24.6 Å². The van der Waals surface area contributed by atoms with Gasteiger partial charge in [-0.25, -0.2) is 8.42 Å². The first-order valence-corrected chi connectivity index (χ1v) is 10.7. The van der Waals surface area contributed by atoms with Crippen molar-refractivity contribution >= 4 is 40.0 Å². The van der Waals surface area contributed by atoms with Crippen LogP contribution in [0, 0.1) is 0 Å². The maximum Gasteiger partial charge on any atom is 0.216 e. The number of guanidine groups is 1. The Morgan fingerprint density at radius 1 is 1.31 bits per heavy atom. The molecule has 1 atom stereocenters. The molecule has 2 heterocycles. The van der Waals surface area contributed by atoms with Crippen molar-refractivity contribution in [1.82, 2.24) is 14.5 Å². The van der Waals surface area contributed by atoms with E-state index in [1.54, 1.807) is 11.4 Å². The molecule has 154 valence electrons. The van der Waals surface area contributed by atoms with Gasteiger partial charge in [0.1, 0.15) is 0 Å². The molecule has 2 fully saturated rings. The third kappa shape index (κ3) is 7.45. The van der Waals surface area contributed by atoms with Gasteiger partial charge >= 0.3 is 0 Å². The van der Waals surface area contributed by atoms with E-state index < -0.39 is 10.0 Å². The van der Waals surface area contributed by atoms with Crippen LogP contribution in [0.2, 0.25) is 0 Å². The second-order valence-electron chi connectivity index (χ2n) is 6.68. The highest BCUT2D eigenvalue weighted by molar-refractivity contribution is 14.0. The molecule has 2 rings (SSSR count). The fourth-order valence-electron chi connectivity index (χ4n) is 3.04. The van der Waals surface area contributed by atoms with Crippen molar-refractivity contribution in [1.29, 1.82) is 0 Å². The molecule has 2 aliphatic rings. The molecular weight excluding hydrogens is 471 g/mol. The van der Waals surface area contributed by atoms with Crippen molar-refractivity contribution in [3.05, 3.63) is 0 Å². The number of aliphatic imine (C=N–C) groups is 1. The summed E-state index contributed by atoms with van der Waals surface area (Å²) in [5.41, 5.74) is 0. The van der Waals surface area contributed by atoms with E-state index in [-0.39, 0.29) is 48.5 Å². The van der Waals surface area contributed by atoms with Gasteiger partial charge in [-0.3, -0.25) is 4.99 Å². The number of hydrogen-bond donors (Lipinski definition) is 1. The third-order valence-electron chi connectivity index (χ3n) is 4.45. The minimum atomic E-state index is -3.26. The van der Waals surface area contributed by atoms with Gasteiger partial charge < -0.3 is 19.7 Å². The first-order valence-electron chi connectivity index (χ1n) is 9.09. The van der Waals surface area contributed by atoms with Crippen molar-refractivity contribution in [3.63, 3.8) is 0 Å². The first-order chi connectivity index (χ1) is 11.9. The molecule has 2 saturated heterocycles. The maximum atomic E-state index is 12.4. The fraction of sp³-hybridized carbons (Fsp3) is 0.938. The Labute approximate surface area is 174 Å². The molecule has 0 aliphatic carbocycles. The number of rotatable bonds is 7. The van der Waals surface area contributed by atoms with Crippen molar-refractivity contribution in [3.8, 4) is 0 Å². The van der Waals surface area contributed by atoms with E-state index in [0.717, 1.165) is 32.0 Å². The summed E-state index contributed by atoms with van der Waals surface area (Å²) in [6.45, 7) is 7.85. The lowest BCUT2D eigenvalue weighted by atomic mass is 10.2. The van der Waals surface area contributed by atoms with Crippen LogP contribution in [-0.4, -0.2) is 94.5 Å². The van der Waals surface area contributed by atoms with Crippen LogP contribution in [0.4, 0.5) is 0 Å². The fourth-order valence-corrected chi connectivity index (χ4v) is 4.32. The first kappa shape index (κ1) is 23.9. The third-order valence-corrected chi connectivity index (χ3v) is 6.28. The number of ether oxygens (including phenoxy) is 2. The smallest absolute Gasteiger partial charge is 0.216 e. The molecule has 0 saturated carbocycles. The van der Waals surface area contributed by atoms with Gasteiger partial charge in [0.15, 0.2) is 5.96 Å². The Bertz CT molecular complexity index is 530. The molecule has 8 nitrogen and oxygen atoms in total. The number of nitrogens with one attached hydrogen (secondary N) is 1. The average molecular weight is 504 g/mol. The number of piperazine rings is 1.